The van der Waals surface area contributed by atoms with Gasteiger partial charge in [-0.05, 0) is 36.4 Å². The zero-order valence-corrected chi connectivity index (χ0v) is 16.0. The Morgan fingerprint density at radius 1 is 1.07 bits per heavy atom. The molecule has 30 heavy (non-hydrogen) atoms. The van der Waals surface area contributed by atoms with Crippen LogP contribution in [0, 0.1) is 10.1 Å². The van der Waals surface area contributed by atoms with E-state index < -0.39 is 34.9 Å². The van der Waals surface area contributed by atoms with Gasteiger partial charge in [-0.25, -0.2) is 0 Å². The second kappa shape index (κ2) is 7.45. The van der Waals surface area contributed by atoms with Crippen LogP contribution >= 0.6 is 11.6 Å². The predicted molar refractivity (Wildman–Crippen MR) is 108 cm³/mol. The maximum absolute atomic E-state index is 12.6. The van der Waals surface area contributed by atoms with Crippen molar-refractivity contribution in [3.8, 4) is 5.69 Å². The number of hydrogen-bond acceptors (Lipinski definition) is 5. The molecule has 2 heterocycles. The maximum atomic E-state index is 12.6. The van der Waals surface area contributed by atoms with E-state index in [0.29, 0.717) is 21.3 Å². The first-order chi connectivity index (χ1) is 14.4. The fraction of sp³-hybridized carbons (Fsp3) is 0.0500. The molecule has 3 aromatic rings. The van der Waals surface area contributed by atoms with E-state index in [4.69, 9.17) is 11.6 Å². The zero-order valence-electron chi connectivity index (χ0n) is 15.2. The van der Waals surface area contributed by atoms with E-state index in [1.54, 1.807) is 47.3 Å². The van der Waals surface area contributed by atoms with E-state index in [1.165, 1.54) is 12.1 Å². The monoisotopic (exact) mass is 424 g/mol. The first kappa shape index (κ1) is 19.3. The molecule has 0 spiro atoms. The number of imide groups is 1. The van der Waals surface area contributed by atoms with Gasteiger partial charge in [0.1, 0.15) is 12.1 Å². The summed E-state index contributed by atoms with van der Waals surface area (Å²) in [5.74, 6) is -2.27. The molecule has 1 aliphatic rings. The van der Waals surface area contributed by atoms with Crippen molar-refractivity contribution in [1.29, 1.82) is 0 Å². The summed E-state index contributed by atoms with van der Waals surface area (Å²) >= 11 is 6.06. The van der Waals surface area contributed by atoms with Crippen LogP contribution in [0.3, 0.4) is 0 Å². The van der Waals surface area contributed by atoms with Crippen LogP contribution in [0.2, 0.25) is 5.02 Å². The summed E-state index contributed by atoms with van der Waals surface area (Å²) in [6, 6.07) is 12.2. The second-order valence-corrected chi connectivity index (χ2v) is 6.89. The van der Waals surface area contributed by atoms with Gasteiger partial charge in [0.15, 0.2) is 0 Å². The number of hydrogen-bond donors (Lipinski definition) is 1. The number of nitrogens with zero attached hydrogens (tertiary/aromatic N) is 3. The van der Waals surface area contributed by atoms with Crippen molar-refractivity contribution in [2.45, 2.75) is 0 Å². The SMILES string of the molecule is O=C(CN1C(=O)c2cccc([N+](=O)[O-])c2C1=O)Nc1ccc(Cl)cc1-n1cccc1. The van der Waals surface area contributed by atoms with Gasteiger partial charge in [0.05, 0.1) is 21.9 Å². The topological polar surface area (TPSA) is 115 Å². The van der Waals surface area contributed by atoms with Crippen LogP contribution in [0.15, 0.2) is 60.9 Å². The Bertz CT molecular complexity index is 1210. The van der Waals surface area contributed by atoms with E-state index in [9.17, 15) is 24.5 Å². The molecule has 0 unspecified atom stereocenters. The minimum Gasteiger partial charge on any atom is -0.323 e. The number of anilines is 1. The fourth-order valence-corrected chi connectivity index (χ4v) is 3.43. The van der Waals surface area contributed by atoms with E-state index in [1.807, 2.05) is 0 Å². The third kappa shape index (κ3) is 3.31. The number of nitrogens with one attached hydrogen (secondary N) is 1. The standard InChI is InChI=1S/C20H13ClN4O5/c21-12-6-7-14(16(10-12)23-8-1-2-9-23)22-17(26)11-24-19(27)13-4-3-5-15(25(29)30)18(13)20(24)28/h1-10H,11H2,(H,22,26). The maximum Gasteiger partial charge on any atom is 0.282 e. The van der Waals surface area contributed by atoms with Gasteiger partial charge in [0.2, 0.25) is 5.91 Å². The molecule has 3 amide bonds. The molecule has 4 rings (SSSR count). The van der Waals surface area contributed by atoms with Crippen LogP contribution in [0.5, 0.6) is 0 Å². The molecule has 9 nitrogen and oxygen atoms in total. The Balaban J connectivity index is 1.58. The Morgan fingerprint density at radius 3 is 2.50 bits per heavy atom. The Kier molecular flexibility index (Phi) is 4.80. The lowest BCUT2D eigenvalue weighted by molar-refractivity contribution is -0.385. The third-order valence-electron chi connectivity index (χ3n) is 4.59. The number of aromatic nitrogens is 1. The quantitative estimate of drug-likeness (QED) is 0.383. The van der Waals surface area contributed by atoms with Crippen LogP contribution in [0.25, 0.3) is 5.69 Å². The van der Waals surface area contributed by atoms with Gasteiger partial charge in [0, 0.05) is 23.5 Å². The third-order valence-corrected chi connectivity index (χ3v) is 4.83. The Labute approximate surface area is 174 Å². The summed E-state index contributed by atoms with van der Waals surface area (Å²) in [6.07, 6.45) is 3.54. The van der Waals surface area contributed by atoms with Crippen molar-refractivity contribution < 1.29 is 19.3 Å². The lowest BCUT2D eigenvalue weighted by Crippen LogP contribution is -2.37. The van der Waals surface area contributed by atoms with Gasteiger partial charge < -0.3 is 9.88 Å². The minimum absolute atomic E-state index is 0.0958. The smallest absolute Gasteiger partial charge is 0.282 e. The molecule has 1 aliphatic heterocycles. The highest BCUT2D eigenvalue weighted by molar-refractivity contribution is 6.31. The highest BCUT2D eigenvalue weighted by Crippen LogP contribution is 2.31. The number of nitro groups is 1. The summed E-state index contributed by atoms with van der Waals surface area (Å²) in [5.41, 5.74) is 0.143. The second-order valence-electron chi connectivity index (χ2n) is 6.45. The van der Waals surface area contributed by atoms with Crippen LogP contribution < -0.4 is 5.32 Å². The number of carbonyl (C=O) groups excluding carboxylic acids is 3. The molecule has 1 N–H and O–H groups in total. The van der Waals surface area contributed by atoms with Gasteiger partial charge in [0.25, 0.3) is 17.5 Å². The highest BCUT2D eigenvalue weighted by Gasteiger charge is 2.41. The normalized spacial score (nSPS) is 12.8. The van der Waals surface area contributed by atoms with E-state index in [2.05, 4.69) is 5.32 Å². The van der Waals surface area contributed by atoms with Crippen LogP contribution in [-0.4, -0.2) is 38.7 Å². The molecule has 150 valence electrons. The minimum atomic E-state index is -0.876. The molecule has 0 saturated heterocycles. The lowest BCUT2D eigenvalue weighted by Gasteiger charge is -2.16. The molecule has 0 fully saturated rings. The van der Waals surface area contributed by atoms with Crippen molar-refractivity contribution >= 4 is 40.7 Å². The first-order valence-electron chi connectivity index (χ1n) is 8.73. The fourth-order valence-electron chi connectivity index (χ4n) is 3.26. The average Bonchev–Trinajstić information content (AvgIpc) is 3.33. The molecule has 1 aromatic heterocycles. The number of fused-ring (bicyclic) bond motifs is 1. The summed E-state index contributed by atoms with van der Waals surface area (Å²) in [7, 11) is 0. The Hall–Kier alpha value is -3.98. The molecule has 0 bridgehead atoms. The summed E-state index contributed by atoms with van der Waals surface area (Å²) in [6.45, 7) is -0.586. The Morgan fingerprint density at radius 2 is 1.80 bits per heavy atom. The number of nitro benzene ring substituents is 1. The van der Waals surface area contributed by atoms with Crippen LogP contribution in [0.1, 0.15) is 20.7 Å². The molecule has 0 saturated carbocycles. The molecule has 0 radical (unpaired) electrons. The number of benzene rings is 2. The van der Waals surface area contributed by atoms with Crippen molar-refractivity contribution in [3.05, 3.63) is 87.2 Å². The van der Waals surface area contributed by atoms with Crippen molar-refractivity contribution in [2.24, 2.45) is 0 Å². The van der Waals surface area contributed by atoms with Gasteiger partial charge in [-0.1, -0.05) is 17.7 Å². The molecular weight excluding hydrogens is 412 g/mol. The summed E-state index contributed by atoms with van der Waals surface area (Å²) < 4.78 is 1.74. The van der Waals surface area contributed by atoms with Gasteiger partial charge in [-0.15, -0.1) is 0 Å². The number of rotatable bonds is 5. The van der Waals surface area contributed by atoms with E-state index >= 15 is 0 Å². The average molecular weight is 425 g/mol. The molecular formula is C20H13ClN4O5. The molecule has 10 heteroatoms. The van der Waals surface area contributed by atoms with Crippen LogP contribution in [0.4, 0.5) is 11.4 Å². The van der Waals surface area contributed by atoms with Gasteiger partial charge in [-0.2, -0.15) is 0 Å². The van der Waals surface area contributed by atoms with Crippen molar-refractivity contribution in [2.75, 3.05) is 11.9 Å². The van der Waals surface area contributed by atoms with Gasteiger partial charge >= 0.3 is 0 Å². The lowest BCUT2D eigenvalue weighted by atomic mass is 10.1. The largest absolute Gasteiger partial charge is 0.323 e. The summed E-state index contributed by atoms with van der Waals surface area (Å²) in [4.78, 5) is 48.9. The van der Waals surface area contributed by atoms with Crippen molar-refractivity contribution in [1.82, 2.24) is 9.47 Å². The molecule has 0 atom stereocenters. The van der Waals surface area contributed by atoms with E-state index in [-0.39, 0.29) is 11.1 Å². The molecule has 2 aromatic carbocycles. The summed E-state index contributed by atoms with van der Waals surface area (Å²) in [5, 5.41) is 14.3. The predicted octanol–water partition coefficient (Wildman–Crippen LogP) is 3.27. The number of halogens is 1. The van der Waals surface area contributed by atoms with Crippen LogP contribution in [-0.2, 0) is 4.79 Å². The van der Waals surface area contributed by atoms with Gasteiger partial charge in [-0.3, -0.25) is 29.4 Å². The zero-order chi connectivity index (χ0) is 21.4. The van der Waals surface area contributed by atoms with E-state index in [0.717, 1.165) is 6.07 Å². The molecule has 0 aliphatic carbocycles. The van der Waals surface area contributed by atoms with Crippen molar-refractivity contribution in [3.63, 3.8) is 0 Å². The highest BCUT2D eigenvalue weighted by atomic mass is 35.5. The first-order valence-corrected chi connectivity index (χ1v) is 9.11. The number of amides is 3. The number of carbonyl (C=O) groups is 3.